The molecule has 0 spiro atoms. The van der Waals surface area contributed by atoms with E-state index in [-0.39, 0.29) is 36.4 Å². The van der Waals surface area contributed by atoms with Gasteiger partial charge in [-0.05, 0) is 49.1 Å². The number of Topliss-reactive ketones (excluding diaryl/α,β-unsaturated/α-hetero) is 1. The molecule has 1 aromatic rings. The van der Waals surface area contributed by atoms with E-state index in [2.05, 4.69) is 12.1 Å². The maximum atomic E-state index is 12.3. The Labute approximate surface area is 171 Å². The van der Waals surface area contributed by atoms with Crippen molar-refractivity contribution in [1.29, 1.82) is 0 Å². The molecule has 29 heavy (non-hydrogen) atoms. The molecule has 1 fully saturated rings. The molecule has 2 aliphatic rings. The third-order valence-electron chi connectivity index (χ3n) is 6.15. The smallest absolute Gasteiger partial charge is 0.303 e. The van der Waals surface area contributed by atoms with Crippen molar-refractivity contribution in [3.63, 3.8) is 0 Å². The normalized spacial score (nSPS) is 25.9. The fourth-order valence-corrected chi connectivity index (χ4v) is 4.49. The molecule has 5 nitrogen and oxygen atoms in total. The highest BCUT2D eigenvalue weighted by Crippen LogP contribution is 2.34. The van der Waals surface area contributed by atoms with Crippen LogP contribution in [0.25, 0.3) is 0 Å². The van der Waals surface area contributed by atoms with Gasteiger partial charge < -0.3 is 15.3 Å². The summed E-state index contributed by atoms with van der Waals surface area (Å²) >= 11 is 0. The van der Waals surface area contributed by atoms with E-state index < -0.39 is 18.2 Å². The second kappa shape index (κ2) is 9.99. The second-order valence-corrected chi connectivity index (χ2v) is 8.23. The number of allylic oxidation sites excluding steroid dienone is 2. The highest BCUT2D eigenvalue weighted by atomic mass is 16.4. The largest absolute Gasteiger partial charge is 0.481 e. The van der Waals surface area contributed by atoms with E-state index in [9.17, 15) is 19.8 Å². The maximum Gasteiger partial charge on any atom is 0.303 e. The minimum Gasteiger partial charge on any atom is -0.481 e. The van der Waals surface area contributed by atoms with Gasteiger partial charge in [-0.25, -0.2) is 0 Å². The molecule has 3 N–H and O–H groups in total. The van der Waals surface area contributed by atoms with Crippen molar-refractivity contribution in [3.8, 4) is 0 Å². The summed E-state index contributed by atoms with van der Waals surface area (Å²) in [5.74, 6) is -1.20. The average molecular weight is 398 g/mol. The van der Waals surface area contributed by atoms with Crippen LogP contribution >= 0.6 is 0 Å². The first kappa shape index (κ1) is 21.5. The van der Waals surface area contributed by atoms with Crippen LogP contribution in [0.3, 0.4) is 0 Å². The lowest BCUT2D eigenvalue weighted by molar-refractivity contribution is -0.137. The summed E-state index contributed by atoms with van der Waals surface area (Å²) in [6, 6.07) is 8.24. The van der Waals surface area contributed by atoms with Crippen molar-refractivity contribution in [2.75, 3.05) is 0 Å². The van der Waals surface area contributed by atoms with Crippen molar-refractivity contribution in [2.24, 2.45) is 17.8 Å². The fraction of sp³-hybridized carbons (Fsp3) is 0.500. The second-order valence-electron chi connectivity index (χ2n) is 8.23. The fourth-order valence-electron chi connectivity index (χ4n) is 4.49. The molecule has 1 unspecified atom stereocenters. The molecule has 4 atom stereocenters. The van der Waals surface area contributed by atoms with Crippen LogP contribution in [-0.2, 0) is 22.4 Å². The van der Waals surface area contributed by atoms with Crippen LogP contribution in [0.1, 0.15) is 43.2 Å². The molecule has 0 aromatic heterocycles. The summed E-state index contributed by atoms with van der Waals surface area (Å²) in [5, 5.41) is 29.6. The highest BCUT2D eigenvalue weighted by Gasteiger charge is 2.39. The number of ketones is 1. The summed E-state index contributed by atoms with van der Waals surface area (Å²) in [6.45, 7) is 0. The zero-order valence-electron chi connectivity index (χ0n) is 16.6. The zero-order chi connectivity index (χ0) is 20.8. The van der Waals surface area contributed by atoms with E-state index in [1.165, 1.54) is 11.1 Å². The number of aliphatic carboxylic acids is 1. The molecule has 0 aliphatic heterocycles. The van der Waals surface area contributed by atoms with Crippen molar-refractivity contribution in [1.82, 2.24) is 0 Å². The van der Waals surface area contributed by atoms with Crippen molar-refractivity contribution in [2.45, 2.75) is 57.2 Å². The molecule has 1 saturated carbocycles. The molecule has 1 aromatic carbocycles. The Kier molecular flexibility index (Phi) is 7.40. The predicted octanol–water partition coefficient (Wildman–Crippen LogP) is 3.09. The highest BCUT2D eigenvalue weighted by molar-refractivity contribution is 5.84. The van der Waals surface area contributed by atoms with Gasteiger partial charge >= 0.3 is 5.97 Å². The number of fused-ring (bicyclic) bond motifs is 1. The van der Waals surface area contributed by atoms with Gasteiger partial charge in [-0.2, -0.15) is 0 Å². The number of carboxylic acids is 1. The lowest BCUT2D eigenvalue weighted by Crippen LogP contribution is -2.21. The molecule has 0 bridgehead atoms. The van der Waals surface area contributed by atoms with Gasteiger partial charge in [0.1, 0.15) is 5.78 Å². The van der Waals surface area contributed by atoms with Crippen LogP contribution in [0.15, 0.2) is 48.6 Å². The van der Waals surface area contributed by atoms with Crippen LogP contribution in [0.5, 0.6) is 0 Å². The molecule has 0 radical (unpaired) electrons. The van der Waals surface area contributed by atoms with Gasteiger partial charge in [-0.15, -0.1) is 0 Å². The quantitative estimate of drug-likeness (QED) is 0.439. The average Bonchev–Trinajstić information content (AvgIpc) is 3.23. The Hall–Kier alpha value is -2.24. The van der Waals surface area contributed by atoms with Gasteiger partial charge in [-0.1, -0.05) is 48.6 Å². The van der Waals surface area contributed by atoms with Gasteiger partial charge in [0.05, 0.1) is 12.2 Å². The Morgan fingerprint density at radius 1 is 1.14 bits per heavy atom. The van der Waals surface area contributed by atoms with Crippen molar-refractivity contribution < 1.29 is 24.9 Å². The summed E-state index contributed by atoms with van der Waals surface area (Å²) in [7, 11) is 0. The van der Waals surface area contributed by atoms with Gasteiger partial charge in [0, 0.05) is 24.7 Å². The Bertz CT molecular complexity index is 756. The number of carbonyl (C=O) groups is 2. The van der Waals surface area contributed by atoms with Crippen LogP contribution in [-0.4, -0.2) is 39.3 Å². The molecule has 0 heterocycles. The lowest BCUT2D eigenvalue weighted by atomic mass is 9.89. The Balaban J connectivity index is 1.54. The zero-order valence-corrected chi connectivity index (χ0v) is 16.6. The number of benzene rings is 1. The lowest BCUT2D eigenvalue weighted by Gasteiger charge is -2.18. The number of unbranched alkanes of at least 4 members (excludes halogenated alkanes) is 1. The number of hydrogen-bond acceptors (Lipinski definition) is 4. The van der Waals surface area contributed by atoms with Gasteiger partial charge in [0.2, 0.25) is 0 Å². The van der Waals surface area contributed by atoms with E-state index >= 15 is 0 Å². The van der Waals surface area contributed by atoms with Crippen molar-refractivity contribution in [3.05, 3.63) is 59.7 Å². The topological polar surface area (TPSA) is 94.8 Å². The minimum absolute atomic E-state index is 0.0464. The predicted molar refractivity (Wildman–Crippen MR) is 110 cm³/mol. The van der Waals surface area contributed by atoms with Crippen LogP contribution in [0, 0.1) is 17.8 Å². The minimum atomic E-state index is -0.804. The molecule has 3 rings (SSSR count). The molecule has 5 heteroatoms. The van der Waals surface area contributed by atoms with E-state index in [1.807, 2.05) is 30.4 Å². The number of aliphatic hydroxyl groups excluding tert-OH is 2. The van der Waals surface area contributed by atoms with Gasteiger partial charge in [0.15, 0.2) is 0 Å². The summed E-state index contributed by atoms with van der Waals surface area (Å²) in [5.41, 5.74) is 2.57. The summed E-state index contributed by atoms with van der Waals surface area (Å²) in [6.07, 6.45) is 9.84. The van der Waals surface area contributed by atoms with Crippen LogP contribution in [0.4, 0.5) is 0 Å². The molecule has 156 valence electrons. The Morgan fingerprint density at radius 3 is 2.48 bits per heavy atom. The third-order valence-corrected chi connectivity index (χ3v) is 6.15. The van der Waals surface area contributed by atoms with E-state index in [1.54, 1.807) is 6.08 Å². The number of carboxylic acid groups (broad SMARTS) is 1. The third kappa shape index (κ3) is 5.64. The molecular formula is C24H30O5. The number of aliphatic hydroxyl groups is 2. The molecule has 0 amide bonds. The van der Waals surface area contributed by atoms with Gasteiger partial charge in [-0.3, -0.25) is 9.59 Å². The standard InChI is InChI=1S/C24H30O5/c25-21(18-13-16-7-5-6-8-17(16)14-18)12-11-20-19(22(26)15-23(20)27)9-3-1-2-4-10-24(28)29/h1,3,5-8,11-12,18-21,23,25,27H,2,4,9-10,13-15H2,(H,28,29)/b3-1-,12-11+/t19-,20?,21-,23-/m1/s1. The molecular weight excluding hydrogens is 368 g/mol. The number of hydrogen-bond donors (Lipinski definition) is 3. The van der Waals surface area contributed by atoms with Gasteiger partial charge in [0.25, 0.3) is 0 Å². The van der Waals surface area contributed by atoms with E-state index in [0.717, 1.165) is 12.8 Å². The van der Waals surface area contributed by atoms with Crippen molar-refractivity contribution >= 4 is 11.8 Å². The molecule has 0 saturated heterocycles. The Morgan fingerprint density at radius 2 is 1.83 bits per heavy atom. The van der Waals surface area contributed by atoms with E-state index in [0.29, 0.717) is 19.3 Å². The summed E-state index contributed by atoms with van der Waals surface area (Å²) in [4.78, 5) is 22.8. The SMILES string of the molecule is O=C(O)CCC/C=C\C[C@H]1C(=O)C[C@@H](O)C1/C=C/[C@@H](O)C1Cc2ccccc2C1. The number of rotatable bonds is 9. The van der Waals surface area contributed by atoms with Crippen LogP contribution < -0.4 is 0 Å². The number of carbonyl (C=O) groups excluding carboxylic acids is 1. The van der Waals surface area contributed by atoms with Crippen LogP contribution in [0.2, 0.25) is 0 Å². The maximum absolute atomic E-state index is 12.3. The first-order valence-corrected chi connectivity index (χ1v) is 10.5. The van der Waals surface area contributed by atoms with E-state index in [4.69, 9.17) is 5.11 Å². The first-order valence-electron chi connectivity index (χ1n) is 10.5. The monoisotopic (exact) mass is 398 g/mol. The first-order chi connectivity index (χ1) is 14.0. The summed E-state index contributed by atoms with van der Waals surface area (Å²) < 4.78 is 0. The molecule has 2 aliphatic carbocycles.